The van der Waals surface area contributed by atoms with E-state index < -0.39 is 0 Å². The highest BCUT2D eigenvalue weighted by Crippen LogP contribution is 2.24. The van der Waals surface area contributed by atoms with E-state index in [4.69, 9.17) is 0 Å². The molecule has 0 radical (unpaired) electrons. The predicted octanol–water partition coefficient (Wildman–Crippen LogP) is 0.999. The average Bonchev–Trinajstić information content (AvgIpc) is 3.22. The molecule has 1 heterocycles. The lowest BCUT2D eigenvalue weighted by Gasteiger charge is -2.32. The molecule has 1 aliphatic heterocycles. The molecule has 1 saturated heterocycles. The molecule has 152 valence electrons. The van der Waals surface area contributed by atoms with Crippen LogP contribution in [0, 0.1) is 0 Å². The van der Waals surface area contributed by atoms with Crippen LogP contribution in [0.15, 0.2) is 54.6 Å². The van der Waals surface area contributed by atoms with Crippen molar-refractivity contribution in [3.05, 3.63) is 71.3 Å². The van der Waals surface area contributed by atoms with Gasteiger partial charge in [0.1, 0.15) is 26.2 Å². The molecule has 1 amide bonds. The fraction of sp³-hybridized carbons (Fsp3) is 0.400. The zero-order chi connectivity index (χ0) is 20.1. The summed E-state index contributed by atoms with van der Waals surface area (Å²) in [5.41, 5.74) is 5.07. The number of carbonyl (C=O) groups is 1. The van der Waals surface area contributed by atoms with Crippen LogP contribution in [0.1, 0.15) is 30.0 Å². The van der Waals surface area contributed by atoms with Crippen LogP contribution in [0.5, 0.6) is 0 Å². The number of amides is 1. The first kappa shape index (κ1) is 19.9. The van der Waals surface area contributed by atoms with E-state index in [1.807, 2.05) is 6.07 Å². The quantitative estimate of drug-likeness (QED) is 0.675. The van der Waals surface area contributed by atoms with Gasteiger partial charge >= 0.3 is 0 Å². The Hall–Kier alpha value is -2.43. The molecule has 3 N–H and O–H groups in total. The normalized spacial score (nSPS) is 22.4. The zero-order valence-electron chi connectivity index (χ0n) is 17.4. The molecule has 2 aromatic rings. The van der Waals surface area contributed by atoms with Crippen LogP contribution in [0.4, 0.5) is 5.69 Å². The van der Waals surface area contributed by atoms with E-state index >= 15 is 0 Å². The number of quaternary nitrogens is 2. The third kappa shape index (κ3) is 5.14. The number of nitrogens with one attached hydrogen (secondary N) is 3. The second kappa shape index (κ2) is 9.38. The van der Waals surface area contributed by atoms with E-state index in [1.165, 1.54) is 34.4 Å². The number of hydrogen-bond acceptors (Lipinski definition) is 1. The summed E-state index contributed by atoms with van der Waals surface area (Å²) in [6.45, 7) is 7.45. The summed E-state index contributed by atoms with van der Waals surface area (Å²) in [5, 5.41) is 3.15. The van der Waals surface area contributed by atoms with Gasteiger partial charge in [-0.2, -0.15) is 0 Å². The summed E-state index contributed by atoms with van der Waals surface area (Å²) in [7, 11) is 0. The second-order valence-corrected chi connectivity index (χ2v) is 8.47. The summed E-state index contributed by atoms with van der Waals surface area (Å²) in [5.74, 6) is 0.144. The Morgan fingerprint density at radius 3 is 2.59 bits per heavy atom. The molecule has 2 aromatic carbocycles. The molecule has 4 rings (SSSR count). The van der Waals surface area contributed by atoms with E-state index in [0.29, 0.717) is 0 Å². The third-order valence-corrected chi connectivity index (χ3v) is 6.49. The minimum Gasteiger partial charge on any atom is -0.322 e. The van der Waals surface area contributed by atoms with Gasteiger partial charge in [0.05, 0.1) is 6.54 Å². The Labute approximate surface area is 174 Å². The summed E-state index contributed by atoms with van der Waals surface area (Å²) in [6, 6.07) is 16.9. The minimum absolute atomic E-state index is 0.00957. The van der Waals surface area contributed by atoms with E-state index in [9.17, 15) is 4.79 Å². The highest BCUT2D eigenvalue weighted by atomic mass is 16.2. The van der Waals surface area contributed by atoms with Crippen LogP contribution >= 0.6 is 0 Å². The van der Waals surface area contributed by atoms with Gasteiger partial charge in [-0.3, -0.25) is 4.79 Å². The summed E-state index contributed by atoms with van der Waals surface area (Å²) < 4.78 is 0. The van der Waals surface area contributed by atoms with Crippen molar-refractivity contribution in [1.82, 2.24) is 0 Å². The monoisotopic (exact) mass is 391 g/mol. The third-order valence-electron chi connectivity index (χ3n) is 6.49. The first-order chi connectivity index (χ1) is 14.2. The Morgan fingerprint density at radius 2 is 1.79 bits per heavy atom. The van der Waals surface area contributed by atoms with Gasteiger partial charge in [0.15, 0.2) is 6.04 Å². The van der Waals surface area contributed by atoms with Crippen molar-refractivity contribution >= 4 is 17.7 Å². The number of benzene rings is 2. The van der Waals surface area contributed by atoms with Crippen molar-refractivity contribution in [2.24, 2.45) is 0 Å². The molecule has 0 saturated carbocycles. The number of piperazine rings is 1. The molecule has 0 aromatic heterocycles. The number of fused-ring (bicyclic) bond motifs is 1. The Kier molecular flexibility index (Phi) is 6.43. The Bertz CT molecular complexity index is 854. The molecule has 0 unspecified atom stereocenters. The number of anilines is 1. The molecule has 0 bridgehead atoms. The van der Waals surface area contributed by atoms with Crippen LogP contribution in [0.25, 0.3) is 6.08 Å². The van der Waals surface area contributed by atoms with Gasteiger partial charge < -0.3 is 15.1 Å². The molecule has 1 atom stereocenters. The molecule has 29 heavy (non-hydrogen) atoms. The number of hydrogen-bond donors (Lipinski definition) is 3. The van der Waals surface area contributed by atoms with Crippen molar-refractivity contribution in [2.45, 2.75) is 32.2 Å². The maximum Gasteiger partial charge on any atom is 0.282 e. The van der Waals surface area contributed by atoms with Crippen molar-refractivity contribution in [3.8, 4) is 0 Å². The Balaban J connectivity index is 1.23. The minimum atomic E-state index is -0.00957. The van der Waals surface area contributed by atoms with Crippen LogP contribution in [-0.4, -0.2) is 44.7 Å². The van der Waals surface area contributed by atoms with E-state index in [-0.39, 0.29) is 11.9 Å². The fourth-order valence-electron chi connectivity index (χ4n) is 4.57. The summed E-state index contributed by atoms with van der Waals surface area (Å²) in [6.07, 6.45) is 8.04. The predicted molar refractivity (Wildman–Crippen MR) is 118 cm³/mol. The average molecular weight is 392 g/mol. The van der Waals surface area contributed by atoms with Crippen LogP contribution in [0.3, 0.4) is 0 Å². The van der Waals surface area contributed by atoms with Crippen LogP contribution in [-0.2, 0) is 17.6 Å². The second-order valence-electron chi connectivity index (χ2n) is 8.47. The van der Waals surface area contributed by atoms with Crippen molar-refractivity contribution in [2.75, 3.05) is 38.0 Å². The molecular weight excluding hydrogens is 358 g/mol. The summed E-state index contributed by atoms with van der Waals surface area (Å²) in [4.78, 5) is 15.8. The van der Waals surface area contributed by atoms with Crippen molar-refractivity contribution in [1.29, 1.82) is 0 Å². The fourth-order valence-corrected chi connectivity index (χ4v) is 4.57. The lowest BCUT2D eigenvalue weighted by molar-refractivity contribution is -1.02. The van der Waals surface area contributed by atoms with Gasteiger partial charge in [-0.15, -0.1) is 0 Å². The number of rotatable bonds is 6. The van der Waals surface area contributed by atoms with E-state index in [1.54, 1.807) is 4.90 Å². The van der Waals surface area contributed by atoms with Crippen molar-refractivity contribution < 1.29 is 14.6 Å². The maximum atomic E-state index is 12.8. The first-order valence-electron chi connectivity index (χ1n) is 11.0. The smallest absolute Gasteiger partial charge is 0.282 e. The van der Waals surface area contributed by atoms with Gasteiger partial charge in [0.2, 0.25) is 0 Å². The standard InChI is InChI=1S/C25H31N3O/c1-20(25(29)26-24-13-12-22-10-5-11-23(22)19-24)28-17-15-27(16-18-28)14-6-9-21-7-3-2-4-8-21/h2-4,6-9,12-13,19-20H,5,10-11,14-18H2,1H3,(H,26,29)/p+2/b9-6+/t20-/m0/s1. The number of carbonyl (C=O) groups excluding carboxylic acids is 1. The number of aryl methyl sites for hydroxylation is 2. The molecule has 1 fully saturated rings. The largest absolute Gasteiger partial charge is 0.322 e. The maximum absolute atomic E-state index is 12.8. The van der Waals surface area contributed by atoms with Gasteiger partial charge in [-0.05, 0) is 61.1 Å². The van der Waals surface area contributed by atoms with Gasteiger partial charge in [-0.25, -0.2) is 0 Å². The van der Waals surface area contributed by atoms with Crippen LogP contribution < -0.4 is 15.1 Å². The van der Waals surface area contributed by atoms with Gasteiger partial charge in [0.25, 0.3) is 5.91 Å². The molecule has 4 heteroatoms. The lowest BCUT2D eigenvalue weighted by atomic mass is 10.1. The van der Waals surface area contributed by atoms with E-state index in [2.05, 4.69) is 66.9 Å². The molecule has 4 nitrogen and oxygen atoms in total. The SMILES string of the molecule is C[C@@H](C(=O)Nc1ccc2c(c1)CCC2)[NH+]1CC[NH+](C/C=C/c2ccccc2)CC1. The highest BCUT2D eigenvalue weighted by Gasteiger charge is 2.30. The molecule has 0 spiro atoms. The van der Waals surface area contributed by atoms with E-state index in [0.717, 1.165) is 44.8 Å². The zero-order valence-corrected chi connectivity index (χ0v) is 17.4. The van der Waals surface area contributed by atoms with Gasteiger partial charge in [-0.1, -0.05) is 42.5 Å². The topological polar surface area (TPSA) is 38.0 Å². The summed E-state index contributed by atoms with van der Waals surface area (Å²) >= 11 is 0. The first-order valence-corrected chi connectivity index (χ1v) is 11.0. The highest BCUT2D eigenvalue weighted by molar-refractivity contribution is 5.93. The van der Waals surface area contributed by atoms with Crippen LogP contribution in [0.2, 0.25) is 0 Å². The van der Waals surface area contributed by atoms with Gasteiger partial charge in [0, 0.05) is 5.69 Å². The molecule has 1 aliphatic carbocycles. The molecule has 2 aliphatic rings. The lowest BCUT2D eigenvalue weighted by Crippen LogP contribution is -3.29. The van der Waals surface area contributed by atoms with Crippen molar-refractivity contribution in [3.63, 3.8) is 0 Å². The Morgan fingerprint density at radius 1 is 1.03 bits per heavy atom. The molecular formula is C25H33N3O+2.